The Labute approximate surface area is 252 Å². The van der Waals surface area contributed by atoms with Gasteiger partial charge in [0.1, 0.15) is 12.0 Å². The Morgan fingerprint density at radius 2 is 1.28 bits per heavy atom. The molecule has 7 rings (SSSR count). The lowest BCUT2D eigenvalue weighted by Gasteiger charge is -2.22. The average molecular weight is 568 g/mol. The zero-order valence-corrected chi connectivity index (χ0v) is 25.4. The number of likely N-dealkylation sites (N-methyl/N-ethyl adjacent to an activating group) is 2. The van der Waals surface area contributed by atoms with Crippen LogP contribution in [0, 0.1) is 11.8 Å². The van der Waals surface area contributed by atoms with Crippen molar-refractivity contribution in [3.63, 3.8) is 0 Å². The van der Waals surface area contributed by atoms with Gasteiger partial charge in [-0.15, -0.1) is 5.73 Å². The minimum absolute atomic E-state index is 0.0425. The van der Waals surface area contributed by atoms with Gasteiger partial charge in [0.05, 0.1) is 16.8 Å². The number of carbonyl (C=O) groups is 2. The van der Waals surface area contributed by atoms with Crippen LogP contribution < -0.4 is 9.80 Å². The van der Waals surface area contributed by atoms with Crippen LogP contribution in [-0.4, -0.2) is 36.9 Å². The minimum atomic E-state index is -1.44. The second-order valence-corrected chi connectivity index (χ2v) is 13.0. The molecule has 4 aromatic rings. The summed E-state index contributed by atoms with van der Waals surface area (Å²) in [6.07, 6.45) is 1.87. The maximum atomic E-state index is 13.8. The first-order chi connectivity index (χ1) is 20.4. The maximum absolute atomic E-state index is 13.8. The maximum Gasteiger partial charge on any atom is 0.276 e. The molecule has 4 aromatic carbocycles. The summed E-state index contributed by atoms with van der Waals surface area (Å²) in [6, 6.07) is 25.0. The van der Waals surface area contributed by atoms with Crippen molar-refractivity contribution in [1.82, 2.24) is 0 Å². The predicted molar refractivity (Wildman–Crippen MR) is 173 cm³/mol. The molecule has 0 radical (unpaired) electrons. The number of hydrogen-bond acceptors (Lipinski definition) is 5. The van der Waals surface area contributed by atoms with Gasteiger partial charge < -0.3 is 10.0 Å². The van der Waals surface area contributed by atoms with Gasteiger partial charge in [-0.25, -0.2) is 0 Å². The van der Waals surface area contributed by atoms with E-state index in [-0.39, 0.29) is 11.7 Å². The first kappa shape index (κ1) is 27.3. The Morgan fingerprint density at radius 1 is 0.744 bits per heavy atom. The molecular weight excluding hydrogens is 532 g/mol. The van der Waals surface area contributed by atoms with Gasteiger partial charge in [0, 0.05) is 30.8 Å². The van der Waals surface area contributed by atoms with Gasteiger partial charge in [0.15, 0.2) is 17.7 Å². The molecule has 2 aliphatic heterocycles. The third-order valence-electron chi connectivity index (χ3n) is 9.84. The number of allylic oxidation sites excluding steroid dienone is 2. The van der Waals surface area contributed by atoms with Gasteiger partial charge in [-0.3, -0.25) is 14.5 Å². The average Bonchev–Trinajstić information content (AvgIpc) is 3.41. The first-order valence-corrected chi connectivity index (χ1v) is 14.8. The Balaban J connectivity index is 1.26. The van der Waals surface area contributed by atoms with Crippen LogP contribution in [0.4, 0.5) is 11.4 Å². The Bertz CT molecular complexity index is 1970. The molecule has 2 heterocycles. The fraction of sp³-hybridized carbons (Fsp3) is 0.263. The number of rotatable bonds is 2. The third kappa shape index (κ3) is 3.72. The van der Waals surface area contributed by atoms with Crippen molar-refractivity contribution < 1.29 is 14.7 Å². The lowest BCUT2D eigenvalue weighted by molar-refractivity contribution is -0.123. The second-order valence-electron chi connectivity index (χ2n) is 13.0. The Hall–Kier alpha value is -4.57. The zero-order chi connectivity index (χ0) is 30.4. The summed E-state index contributed by atoms with van der Waals surface area (Å²) in [5, 5.41) is 15.7. The largest absolute Gasteiger partial charge is 0.382 e. The molecule has 5 heteroatoms. The van der Waals surface area contributed by atoms with Crippen LogP contribution in [0.25, 0.3) is 21.5 Å². The molecule has 5 nitrogen and oxygen atoms in total. The zero-order valence-electron chi connectivity index (χ0n) is 25.4. The Kier molecular flexibility index (Phi) is 5.84. The van der Waals surface area contributed by atoms with Crippen LogP contribution in [0.5, 0.6) is 0 Å². The van der Waals surface area contributed by atoms with Crippen molar-refractivity contribution in [2.45, 2.75) is 44.6 Å². The van der Waals surface area contributed by atoms with Crippen molar-refractivity contribution in [1.29, 1.82) is 0 Å². The number of fused-ring (bicyclic) bond motifs is 6. The molecule has 0 bridgehead atoms. The third-order valence-corrected chi connectivity index (χ3v) is 9.84. The van der Waals surface area contributed by atoms with Crippen LogP contribution in [-0.2, 0) is 20.4 Å². The first-order valence-electron chi connectivity index (χ1n) is 14.8. The summed E-state index contributed by atoms with van der Waals surface area (Å²) in [5.41, 5.74) is 8.77. The fourth-order valence-corrected chi connectivity index (χ4v) is 7.66. The number of carbonyl (C=O) groups excluding carboxylic acids is 2. The van der Waals surface area contributed by atoms with E-state index in [4.69, 9.17) is 0 Å². The van der Waals surface area contributed by atoms with E-state index in [2.05, 4.69) is 91.8 Å². The fourth-order valence-electron chi connectivity index (χ4n) is 7.66. The molecule has 0 saturated heterocycles. The molecule has 0 aromatic heterocycles. The van der Waals surface area contributed by atoms with Gasteiger partial charge in [-0.1, -0.05) is 60.7 Å². The van der Waals surface area contributed by atoms with E-state index in [9.17, 15) is 14.7 Å². The highest BCUT2D eigenvalue weighted by molar-refractivity contribution is 6.27. The molecule has 3 aliphatic rings. The molecule has 43 heavy (non-hydrogen) atoms. The number of anilines is 2. The summed E-state index contributed by atoms with van der Waals surface area (Å²) in [6.45, 7) is 8.54. The lowest BCUT2D eigenvalue weighted by Crippen LogP contribution is -2.26. The molecule has 2 atom stereocenters. The van der Waals surface area contributed by atoms with Gasteiger partial charge in [-0.2, -0.15) is 0 Å². The monoisotopic (exact) mass is 567 g/mol. The van der Waals surface area contributed by atoms with Crippen LogP contribution in [0.3, 0.4) is 0 Å². The molecular formula is C38H35N2O3+. The molecule has 0 spiro atoms. The number of hydrogen-bond donors (Lipinski definition) is 1. The standard InChI is InChI=1S/C38H35N2O3/c1-37(2)30(39(5)28-18-15-22-11-7-9-13-24(22)32(28)37)20-17-26-34(41)27(36(43)35(26)42)21-31-38(3,4)33-25-14-10-8-12-23(25)16-19-29(33)40(31)6/h7-19,21,26,35,42H,1-6H3/q+1. The van der Waals surface area contributed by atoms with Gasteiger partial charge in [0.2, 0.25) is 0 Å². The van der Waals surface area contributed by atoms with Crippen molar-refractivity contribution in [2.75, 3.05) is 23.9 Å². The van der Waals surface area contributed by atoms with E-state index in [1.54, 1.807) is 12.2 Å². The number of aliphatic hydroxyl groups excluding tert-OH is 1. The van der Waals surface area contributed by atoms with E-state index in [0.29, 0.717) is 0 Å². The van der Waals surface area contributed by atoms with Crippen LogP contribution >= 0.6 is 0 Å². The SMILES string of the molecule is CN1C(=C=CC2C(=O)[C+](C=C3N(C)c4ccc5ccccc5c4C3(C)C)C(=O)C2O)C(C)(C)c2c1ccc1ccccc21. The second kappa shape index (κ2) is 9.21. The summed E-state index contributed by atoms with van der Waals surface area (Å²) in [4.78, 5) is 31.3. The summed E-state index contributed by atoms with van der Waals surface area (Å²) in [7, 11) is 3.97. The van der Waals surface area contributed by atoms with E-state index in [0.717, 1.165) is 39.1 Å². The number of ketones is 2. The minimum Gasteiger partial charge on any atom is -0.382 e. The van der Waals surface area contributed by atoms with Gasteiger partial charge >= 0.3 is 0 Å². The van der Waals surface area contributed by atoms with E-state index >= 15 is 0 Å². The topological polar surface area (TPSA) is 60.9 Å². The number of nitrogens with zero attached hydrogens (tertiary/aromatic N) is 2. The lowest BCUT2D eigenvalue weighted by atomic mass is 9.80. The molecule has 0 amide bonds. The van der Waals surface area contributed by atoms with Crippen LogP contribution in [0.15, 0.2) is 102 Å². The van der Waals surface area contributed by atoms with Gasteiger partial charge in [-0.05, 0) is 73.0 Å². The highest BCUT2D eigenvalue weighted by atomic mass is 16.3. The van der Waals surface area contributed by atoms with Crippen LogP contribution in [0.1, 0.15) is 38.8 Å². The molecule has 1 saturated carbocycles. The van der Waals surface area contributed by atoms with E-state index in [1.807, 2.05) is 38.4 Å². The summed E-state index contributed by atoms with van der Waals surface area (Å²) in [5.74, 6) is -1.86. The number of benzene rings is 4. The molecule has 1 aliphatic carbocycles. The van der Waals surface area contributed by atoms with E-state index in [1.165, 1.54) is 16.3 Å². The smallest absolute Gasteiger partial charge is 0.276 e. The summed E-state index contributed by atoms with van der Waals surface area (Å²) < 4.78 is 0. The van der Waals surface area contributed by atoms with Crippen molar-refractivity contribution in [3.8, 4) is 0 Å². The Morgan fingerprint density at radius 3 is 1.88 bits per heavy atom. The number of Topliss-reactive ketones (excluding diaryl/α,β-unsaturated/α-hetero) is 2. The van der Waals surface area contributed by atoms with Crippen molar-refractivity contribution in [3.05, 3.63) is 119 Å². The van der Waals surface area contributed by atoms with Crippen molar-refractivity contribution in [2.24, 2.45) is 5.92 Å². The number of aliphatic hydroxyl groups is 1. The van der Waals surface area contributed by atoms with E-state index < -0.39 is 28.6 Å². The van der Waals surface area contributed by atoms with Crippen molar-refractivity contribution >= 4 is 44.5 Å². The predicted octanol–water partition coefficient (Wildman–Crippen LogP) is 6.77. The molecule has 1 fully saturated rings. The highest BCUT2D eigenvalue weighted by Crippen LogP contribution is 2.52. The molecule has 2 unspecified atom stereocenters. The van der Waals surface area contributed by atoms with Crippen LogP contribution in [0.2, 0.25) is 0 Å². The highest BCUT2D eigenvalue weighted by Gasteiger charge is 2.56. The van der Waals surface area contributed by atoms with Gasteiger partial charge in [0.25, 0.3) is 11.6 Å². The summed E-state index contributed by atoms with van der Waals surface area (Å²) >= 11 is 0. The molecule has 1 N–H and O–H groups in total. The normalized spacial score (nSPS) is 23.0. The quantitative estimate of drug-likeness (QED) is 0.214. The molecule has 214 valence electrons.